The van der Waals surface area contributed by atoms with Crippen LogP contribution in [0.5, 0.6) is 5.75 Å². The van der Waals surface area contributed by atoms with E-state index in [1.54, 1.807) is 21.3 Å². The van der Waals surface area contributed by atoms with Gasteiger partial charge in [0.2, 0.25) is 8.38 Å². The highest BCUT2D eigenvalue weighted by Gasteiger charge is 2.09. The van der Waals surface area contributed by atoms with Gasteiger partial charge in [0.1, 0.15) is 5.75 Å². The van der Waals surface area contributed by atoms with E-state index in [-0.39, 0.29) is 0 Å². The Kier molecular flexibility index (Phi) is 4.92. The summed E-state index contributed by atoms with van der Waals surface area (Å²) in [6.07, 6.45) is 0. The average Bonchev–Trinajstić information content (AvgIpc) is 2.49. The van der Waals surface area contributed by atoms with E-state index in [2.05, 4.69) is 12.1 Å². The maximum atomic E-state index is 5.29. The molecule has 0 saturated carbocycles. The van der Waals surface area contributed by atoms with Crippen molar-refractivity contribution in [3.8, 4) is 16.9 Å². The fourth-order valence-corrected chi connectivity index (χ4v) is 2.81. The van der Waals surface area contributed by atoms with Gasteiger partial charge in [0.15, 0.2) is 0 Å². The summed E-state index contributed by atoms with van der Waals surface area (Å²) in [5.74, 6) is 0.864. The molecule has 2 aromatic rings. The summed E-state index contributed by atoms with van der Waals surface area (Å²) >= 11 is 0. The summed E-state index contributed by atoms with van der Waals surface area (Å²) in [6, 6.07) is 16.2. The van der Waals surface area contributed by atoms with Crippen LogP contribution in [-0.2, 0) is 9.05 Å². The molecule has 2 rings (SSSR count). The van der Waals surface area contributed by atoms with Gasteiger partial charge in [-0.1, -0.05) is 24.3 Å². The molecular formula is C15H17O3P. The molecule has 3 nitrogen and oxygen atoms in total. The van der Waals surface area contributed by atoms with E-state index in [1.165, 1.54) is 0 Å². The third-order valence-corrected chi connectivity index (χ3v) is 4.22. The van der Waals surface area contributed by atoms with Gasteiger partial charge >= 0.3 is 0 Å². The van der Waals surface area contributed by atoms with Gasteiger partial charge in [-0.25, -0.2) is 0 Å². The molecule has 100 valence electrons. The zero-order valence-corrected chi connectivity index (χ0v) is 12.2. The van der Waals surface area contributed by atoms with Gasteiger partial charge in [-0.2, -0.15) is 0 Å². The number of benzene rings is 2. The van der Waals surface area contributed by atoms with E-state index in [1.807, 2.05) is 36.4 Å². The standard InChI is InChI=1S/C15H17O3P/c1-16-14-8-4-12(5-9-14)13-6-10-15(11-7-13)19(17-2)18-3/h4-11H,1-3H3. The molecule has 0 spiro atoms. The monoisotopic (exact) mass is 276 g/mol. The molecule has 0 amide bonds. The molecule has 0 aliphatic rings. The predicted molar refractivity (Wildman–Crippen MR) is 79.0 cm³/mol. The Morgan fingerprint density at radius 1 is 0.684 bits per heavy atom. The van der Waals surface area contributed by atoms with Crippen molar-refractivity contribution in [2.24, 2.45) is 0 Å². The molecular weight excluding hydrogens is 259 g/mol. The summed E-state index contributed by atoms with van der Waals surface area (Å²) in [5, 5.41) is 1.07. The molecule has 0 atom stereocenters. The fourth-order valence-electron chi connectivity index (χ4n) is 1.84. The molecule has 2 aromatic carbocycles. The summed E-state index contributed by atoms with van der Waals surface area (Å²) in [4.78, 5) is 0. The molecule has 0 N–H and O–H groups in total. The lowest BCUT2D eigenvalue weighted by atomic mass is 10.1. The summed E-state index contributed by atoms with van der Waals surface area (Å²) in [7, 11) is 4.03. The first kappa shape index (κ1) is 14.0. The first-order chi connectivity index (χ1) is 9.28. The highest BCUT2D eigenvalue weighted by Crippen LogP contribution is 2.35. The van der Waals surface area contributed by atoms with Gasteiger partial charge in [-0.3, -0.25) is 0 Å². The van der Waals surface area contributed by atoms with Crippen LogP contribution < -0.4 is 10.0 Å². The lowest BCUT2D eigenvalue weighted by Gasteiger charge is -2.12. The summed E-state index contributed by atoms with van der Waals surface area (Å²) in [6.45, 7) is 0. The minimum atomic E-state index is -0.960. The van der Waals surface area contributed by atoms with Crippen molar-refractivity contribution in [2.75, 3.05) is 21.3 Å². The molecule has 0 fully saturated rings. The zero-order valence-electron chi connectivity index (χ0n) is 11.3. The maximum Gasteiger partial charge on any atom is 0.204 e. The van der Waals surface area contributed by atoms with Crippen LogP contribution in [0.2, 0.25) is 0 Å². The molecule has 0 aliphatic heterocycles. The van der Waals surface area contributed by atoms with E-state index < -0.39 is 8.38 Å². The highest BCUT2D eigenvalue weighted by molar-refractivity contribution is 7.55. The van der Waals surface area contributed by atoms with Crippen LogP contribution in [0.3, 0.4) is 0 Å². The Bertz CT molecular complexity index is 504. The van der Waals surface area contributed by atoms with Gasteiger partial charge in [-0.15, -0.1) is 0 Å². The second-order valence-electron chi connectivity index (χ2n) is 3.90. The summed E-state index contributed by atoms with van der Waals surface area (Å²) < 4.78 is 15.7. The van der Waals surface area contributed by atoms with Gasteiger partial charge in [0, 0.05) is 19.5 Å². The molecule has 0 radical (unpaired) electrons. The molecule has 0 heterocycles. The third-order valence-electron chi connectivity index (χ3n) is 2.83. The molecule has 19 heavy (non-hydrogen) atoms. The Hall–Kier alpha value is -1.41. The van der Waals surface area contributed by atoms with Crippen LogP contribution in [0.4, 0.5) is 0 Å². The summed E-state index contributed by atoms with van der Waals surface area (Å²) in [5.41, 5.74) is 2.32. The van der Waals surface area contributed by atoms with Crippen molar-refractivity contribution in [2.45, 2.75) is 0 Å². The quantitative estimate of drug-likeness (QED) is 0.781. The highest BCUT2D eigenvalue weighted by atomic mass is 31.2. The van der Waals surface area contributed by atoms with Crippen molar-refractivity contribution in [3.63, 3.8) is 0 Å². The van der Waals surface area contributed by atoms with Crippen molar-refractivity contribution in [3.05, 3.63) is 48.5 Å². The van der Waals surface area contributed by atoms with Gasteiger partial charge < -0.3 is 13.8 Å². The van der Waals surface area contributed by atoms with Crippen molar-refractivity contribution >= 4 is 13.7 Å². The SMILES string of the molecule is COc1ccc(-c2ccc(P(OC)OC)cc2)cc1. The van der Waals surface area contributed by atoms with Crippen LogP contribution >= 0.6 is 8.38 Å². The first-order valence-electron chi connectivity index (χ1n) is 5.91. The molecule has 0 saturated heterocycles. The van der Waals surface area contributed by atoms with Crippen molar-refractivity contribution in [1.29, 1.82) is 0 Å². The number of hydrogen-bond acceptors (Lipinski definition) is 3. The van der Waals surface area contributed by atoms with E-state index >= 15 is 0 Å². The largest absolute Gasteiger partial charge is 0.497 e. The Labute approximate surface area is 115 Å². The Morgan fingerprint density at radius 3 is 1.58 bits per heavy atom. The minimum Gasteiger partial charge on any atom is -0.497 e. The lowest BCUT2D eigenvalue weighted by Crippen LogP contribution is -2.02. The smallest absolute Gasteiger partial charge is 0.204 e. The fraction of sp³-hybridized carbons (Fsp3) is 0.200. The van der Waals surface area contributed by atoms with Gasteiger partial charge in [-0.05, 0) is 35.4 Å². The number of rotatable bonds is 5. The van der Waals surface area contributed by atoms with Crippen LogP contribution in [0, 0.1) is 0 Å². The second-order valence-corrected chi connectivity index (χ2v) is 5.66. The lowest BCUT2D eigenvalue weighted by molar-refractivity contribution is 0.350. The molecule has 0 aliphatic carbocycles. The molecule has 0 aromatic heterocycles. The Balaban J connectivity index is 2.21. The predicted octanol–water partition coefficient (Wildman–Crippen LogP) is 3.59. The number of methoxy groups -OCH3 is 1. The normalized spacial score (nSPS) is 10.7. The van der Waals surface area contributed by atoms with E-state index in [9.17, 15) is 0 Å². The second kappa shape index (κ2) is 6.67. The zero-order chi connectivity index (χ0) is 13.7. The average molecular weight is 276 g/mol. The van der Waals surface area contributed by atoms with Crippen LogP contribution in [0.15, 0.2) is 48.5 Å². The first-order valence-corrected chi connectivity index (χ1v) is 7.09. The van der Waals surface area contributed by atoms with E-state index in [0.717, 1.165) is 22.2 Å². The number of hydrogen-bond donors (Lipinski definition) is 0. The topological polar surface area (TPSA) is 27.7 Å². The molecule has 0 bridgehead atoms. The molecule has 4 heteroatoms. The van der Waals surface area contributed by atoms with Gasteiger partial charge in [0.05, 0.1) is 7.11 Å². The number of ether oxygens (including phenoxy) is 1. The Morgan fingerprint density at radius 2 is 1.16 bits per heavy atom. The van der Waals surface area contributed by atoms with Crippen LogP contribution in [0.1, 0.15) is 0 Å². The van der Waals surface area contributed by atoms with E-state index in [0.29, 0.717) is 0 Å². The van der Waals surface area contributed by atoms with Crippen molar-refractivity contribution in [1.82, 2.24) is 0 Å². The maximum absolute atomic E-state index is 5.29. The van der Waals surface area contributed by atoms with Gasteiger partial charge in [0.25, 0.3) is 0 Å². The van der Waals surface area contributed by atoms with E-state index in [4.69, 9.17) is 13.8 Å². The third kappa shape index (κ3) is 3.32. The minimum absolute atomic E-state index is 0.864. The van der Waals surface area contributed by atoms with Crippen molar-refractivity contribution < 1.29 is 13.8 Å². The molecule has 0 unspecified atom stereocenters. The van der Waals surface area contributed by atoms with Crippen LogP contribution in [-0.4, -0.2) is 21.3 Å². The van der Waals surface area contributed by atoms with Crippen LogP contribution in [0.25, 0.3) is 11.1 Å².